The van der Waals surface area contributed by atoms with Crippen molar-refractivity contribution in [2.24, 2.45) is 0 Å². The SMILES string of the molecule is O=C(Nc1cccc(Cl)c1)Nc1ncc(Br)s1. The molecule has 0 saturated carbocycles. The first-order valence-electron chi connectivity index (χ1n) is 4.58. The molecule has 0 radical (unpaired) electrons. The Hall–Kier alpha value is -1.11. The number of hydrogen-bond acceptors (Lipinski definition) is 3. The van der Waals surface area contributed by atoms with Gasteiger partial charge >= 0.3 is 6.03 Å². The van der Waals surface area contributed by atoms with E-state index in [1.165, 1.54) is 11.3 Å². The van der Waals surface area contributed by atoms with E-state index in [2.05, 4.69) is 31.5 Å². The van der Waals surface area contributed by atoms with Gasteiger partial charge in [0.15, 0.2) is 5.13 Å². The number of hydrogen-bond donors (Lipinski definition) is 2. The number of nitrogens with one attached hydrogen (secondary N) is 2. The lowest BCUT2D eigenvalue weighted by Gasteiger charge is -2.05. The van der Waals surface area contributed by atoms with Crippen LogP contribution in [0.15, 0.2) is 34.2 Å². The summed E-state index contributed by atoms with van der Waals surface area (Å²) in [6.07, 6.45) is 1.62. The average Bonchev–Trinajstić information content (AvgIpc) is 2.63. The van der Waals surface area contributed by atoms with Crippen LogP contribution in [-0.4, -0.2) is 11.0 Å². The lowest BCUT2D eigenvalue weighted by Crippen LogP contribution is -2.19. The minimum atomic E-state index is -0.353. The minimum Gasteiger partial charge on any atom is -0.308 e. The highest BCUT2D eigenvalue weighted by molar-refractivity contribution is 9.11. The second kappa shape index (κ2) is 5.48. The molecule has 2 N–H and O–H groups in total. The number of aromatic nitrogens is 1. The zero-order valence-electron chi connectivity index (χ0n) is 8.41. The van der Waals surface area contributed by atoms with Crippen LogP contribution in [0.3, 0.4) is 0 Å². The second-order valence-corrected chi connectivity index (χ2v) is 5.91. The molecule has 0 atom stereocenters. The highest BCUT2D eigenvalue weighted by Gasteiger charge is 2.05. The molecule has 2 aromatic rings. The molecule has 1 aromatic carbocycles. The predicted molar refractivity (Wildman–Crippen MR) is 73.9 cm³/mol. The highest BCUT2D eigenvalue weighted by Crippen LogP contribution is 2.23. The molecule has 0 aliphatic heterocycles. The Bertz CT molecular complexity index is 546. The van der Waals surface area contributed by atoms with Crippen LogP contribution in [0.2, 0.25) is 5.02 Å². The van der Waals surface area contributed by atoms with Gasteiger partial charge in [0.25, 0.3) is 0 Å². The molecule has 0 fully saturated rings. The van der Waals surface area contributed by atoms with Crippen LogP contribution in [0.1, 0.15) is 0 Å². The van der Waals surface area contributed by atoms with E-state index in [0.29, 0.717) is 15.8 Å². The van der Waals surface area contributed by atoms with Crippen LogP contribution in [-0.2, 0) is 0 Å². The summed E-state index contributed by atoms with van der Waals surface area (Å²) in [5.41, 5.74) is 0.630. The lowest BCUT2D eigenvalue weighted by atomic mass is 10.3. The van der Waals surface area contributed by atoms with E-state index in [4.69, 9.17) is 11.6 Å². The molecular formula is C10H7BrClN3OS. The van der Waals surface area contributed by atoms with Crippen molar-refractivity contribution >= 4 is 55.7 Å². The van der Waals surface area contributed by atoms with Gasteiger partial charge in [0.1, 0.15) is 0 Å². The molecule has 1 heterocycles. The van der Waals surface area contributed by atoms with Gasteiger partial charge in [-0.3, -0.25) is 5.32 Å². The number of carbonyl (C=O) groups excluding carboxylic acids is 1. The smallest absolute Gasteiger partial charge is 0.308 e. The predicted octanol–water partition coefficient (Wildman–Crippen LogP) is 4.20. The van der Waals surface area contributed by atoms with E-state index in [1.807, 2.05) is 0 Å². The Morgan fingerprint density at radius 2 is 2.24 bits per heavy atom. The molecule has 7 heteroatoms. The van der Waals surface area contributed by atoms with Crippen LogP contribution >= 0.6 is 38.9 Å². The summed E-state index contributed by atoms with van der Waals surface area (Å²) in [7, 11) is 0. The Kier molecular flexibility index (Phi) is 3.98. The van der Waals surface area contributed by atoms with E-state index < -0.39 is 0 Å². The minimum absolute atomic E-state index is 0.353. The van der Waals surface area contributed by atoms with Gasteiger partial charge in [0.05, 0.1) is 9.98 Å². The molecule has 0 spiro atoms. The van der Waals surface area contributed by atoms with Crippen LogP contribution < -0.4 is 10.6 Å². The van der Waals surface area contributed by atoms with Crippen molar-refractivity contribution in [1.82, 2.24) is 4.98 Å². The van der Waals surface area contributed by atoms with E-state index in [1.54, 1.807) is 30.5 Å². The average molecular weight is 333 g/mol. The van der Waals surface area contributed by atoms with Gasteiger partial charge in [-0.05, 0) is 34.1 Å². The summed E-state index contributed by atoms with van der Waals surface area (Å²) >= 11 is 10.4. The number of benzene rings is 1. The van der Waals surface area contributed by atoms with Gasteiger partial charge in [0, 0.05) is 10.7 Å². The first-order chi connectivity index (χ1) is 8.13. The van der Waals surface area contributed by atoms with Crippen molar-refractivity contribution in [2.45, 2.75) is 0 Å². The number of carbonyl (C=O) groups is 1. The first-order valence-corrected chi connectivity index (χ1v) is 6.57. The third-order valence-corrected chi connectivity index (χ3v) is 3.41. The van der Waals surface area contributed by atoms with Crippen LogP contribution in [0, 0.1) is 0 Å². The van der Waals surface area contributed by atoms with Crippen molar-refractivity contribution in [3.05, 3.63) is 39.3 Å². The van der Waals surface area contributed by atoms with E-state index in [-0.39, 0.29) is 6.03 Å². The number of halogens is 2. The van der Waals surface area contributed by atoms with Gasteiger partial charge in [-0.25, -0.2) is 9.78 Å². The molecule has 0 saturated heterocycles. The Labute approximate surface area is 115 Å². The molecule has 0 aliphatic carbocycles. The van der Waals surface area contributed by atoms with Crippen LogP contribution in [0.5, 0.6) is 0 Å². The van der Waals surface area contributed by atoms with Gasteiger partial charge < -0.3 is 5.32 Å². The van der Waals surface area contributed by atoms with Gasteiger partial charge in [-0.2, -0.15) is 0 Å². The number of thiazole rings is 1. The maximum Gasteiger partial charge on any atom is 0.325 e. The molecule has 4 nitrogen and oxygen atoms in total. The van der Waals surface area contributed by atoms with Crippen molar-refractivity contribution in [3.63, 3.8) is 0 Å². The molecule has 17 heavy (non-hydrogen) atoms. The zero-order chi connectivity index (χ0) is 12.3. The topological polar surface area (TPSA) is 54.0 Å². The maximum absolute atomic E-state index is 11.6. The number of anilines is 2. The van der Waals surface area contributed by atoms with E-state index in [0.717, 1.165) is 3.79 Å². The fraction of sp³-hybridized carbons (Fsp3) is 0. The first kappa shape index (κ1) is 12.3. The fourth-order valence-electron chi connectivity index (χ4n) is 1.14. The molecule has 0 bridgehead atoms. The van der Waals surface area contributed by atoms with Crippen molar-refractivity contribution < 1.29 is 4.79 Å². The summed E-state index contributed by atoms with van der Waals surface area (Å²) in [5, 5.41) is 6.37. The van der Waals surface area contributed by atoms with Gasteiger partial charge in [0.2, 0.25) is 0 Å². The normalized spacial score (nSPS) is 10.0. The molecule has 0 unspecified atom stereocenters. The number of nitrogens with zero attached hydrogens (tertiary/aromatic N) is 1. The summed E-state index contributed by atoms with van der Waals surface area (Å²) in [5.74, 6) is 0. The molecule has 1 aromatic heterocycles. The third kappa shape index (κ3) is 3.69. The Balaban J connectivity index is 1.98. The number of urea groups is 1. The number of rotatable bonds is 2. The van der Waals surface area contributed by atoms with E-state index >= 15 is 0 Å². The second-order valence-electron chi connectivity index (χ2n) is 3.06. The number of amides is 2. The third-order valence-electron chi connectivity index (χ3n) is 1.78. The van der Waals surface area contributed by atoms with Gasteiger partial charge in [-0.15, -0.1) is 0 Å². The Morgan fingerprint density at radius 3 is 2.88 bits per heavy atom. The zero-order valence-corrected chi connectivity index (χ0v) is 11.6. The molecule has 2 amide bonds. The fourth-order valence-corrected chi connectivity index (χ4v) is 2.43. The monoisotopic (exact) mass is 331 g/mol. The standard InChI is InChI=1S/C10H7BrClN3OS/c11-8-5-13-10(17-8)15-9(16)14-7-3-1-2-6(12)4-7/h1-5H,(H2,13,14,15,16). The molecule has 2 rings (SSSR count). The van der Waals surface area contributed by atoms with Crippen molar-refractivity contribution in [1.29, 1.82) is 0 Å². The van der Waals surface area contributed by atoms with Crippen LogP contribution in [0.25, 0.3) is 0 Å². The largest absolute Gasteiger partial charge is 0.325 e. The highest BCUT2D eigenvalue weighted by atomic mass is 79.9. The molecular weight excluding hydrogens is 326 g/mol. The maximum atomic E-state index is 11.6. The summed E-state index contributed by atoms with van der Waals surface area (Å²) in [6.45, 7) is 0. The van der Waals surface area contributed by atoms with Crippen molar-refractivity contribution in [2.75, 3.05) is 10.6 Å². The quantitative estimate of drug-likeness (QED) is 0.866. The Morgan fingerprint density at radius 1 is 1.41 bits per heavy atom. The van der Waals surface area contributed by atoms with Gasteiger partial charge in [-0.1, -0.05) is 29.0 Å². The summed E-state index contributed by atoms with van der Waals surface area (Å²) < 4.78 is 0.857. The molecule has 88 valence electrons. The summed E-state index contributed by atoms with van der Waals surface area (Å²) in [6, 6.07) is 6.57. The summed E-state index contributed by atoms with van der Waals surface area (Å²) in [4.78, 5) is 15.6. The lowest BCUT2D eigenvalue weighted by molar-refractivity contribution is 0.262. The van der Waals surface area contributed by atoms with Crippen LogP contribution in [0.4, 0.5) is 15.6 Å². The van der Waals surface area contributed by atoms with E-state index in [9.17, 15) is 4.79 Å². The van der Waals surface area contributed by atoms with Crippen molar-refractivity contribution in [3.8, 4) is 0 Å². The molecule has 0 aliphatic rings.